The third-order valence-electron chi connectivity index (χ3n) is 3.37. The van der Waals surface area contributed by atoms with Crippen LogP contribution in [0.5, 0.6) is 5.75 Å². The fraction of sp³-hybridized carbons (Fsp3) is 0.118. The smallest absolute Gasteiger partial charge is 0.343 e. The fourth-order valence-corrected chi connectivity index (χ4v) is 3.29. The van der Waals surface area contributed by atoms with Gasteiger partial charge in [0, 0.05) is 11.0 Å². The molecule has 130 valence electrons. The Labute approximate surface area is 158 Å². The first-order chi connectivity index (χ1) is 11.9. The lowest BCUT2D eigenvalue weighted by molar-refractivity contribution is 0.0734. The van der Waals surface area contributed by atoms with E-state index in [0.717, 1.165) is 17.3 Å². The van der Waals surface area contributed by atoms with Crippen LogP contribution in [0.1, 0.15) is 15.9 Å². The van der Waals surface area contributed by atoms with E-state index in [1.165, 1.54) is 6.07 Å². The molecule has 3 rings (SSSR count). The number of aliphatic hydroxyl groups excluding tert-OH is 2. The molecule has 0 bridgehead atoms. The predicted molar refractivity (Wildman–Crippen MR) is 98.6 cm³/mol. The topological polar surface area (TPSA) is 78.8 Å². The predicted octanol–water partition coefficient (Wildman–Crippen LogP) is 3.48. The summed E-state index contributed by atoms with van der Waals surface area (Å²) in [4.78, 5) is 12.8. The summed E-state index contributed by atoms with van der Waals surface area (Å²) < 4.78 is 5.26. The lowest BCUT2D eigenvalue weighted by Crippen LogP contribution is -2.28. The maximum Gasteiger partial charge on any atom is 0.343 e. The Kier molecular flexibility index (Phi) is 5.68. The van der Waals surface area contributed by atoms with E-state index in [1.807, 2.05) is 0 Å². The number of halogens is 2. The first-order valence-electron chi connectivity index (χ1n) is 7.20. The van der Waals surface area contributed by atoms with E-state index < -0.39 is 17.8 Å². The van der Waals surface area contributed by atoms with Crippen LogP contribution in [-0.4, -0.2) is 28.0 Å². The maximum absolute atomic E-state index is 12.2. The van der Waals surface area contributed by atoms with E-state index in [-0.39, 0.29) is 0 Å². The fourth-order valence-electron chi connectivity index (χ4n) is 2.14. The van der Waals surface area contributed by atoms with Crippen LogP contribution < -0.4 is 10.1 Å². The highest BCUT2D eigenvalue weighted by Crippen LogP contribution is 2.30. The van der Waals surface area contributed by atoms with Crippen molar-refractivity contribution in [1.82, 2.24) is 5.32 Å². The van der Waals surface area contributed by atoms with Crippen LogP contribution in [0.15, 0.2) is 47.4 Å². The Morgan fingerprint density at radius 3 is 2.44 bits per heavy atom. The third kappa shape index (κ3) is 4.55. The van der Waals surface area contributed by atoms with Gasteiger partial charge < -0.3 is 14.9 Å². The number of hydrogen-bond donors (Lipinski definition) is 3. The zero-order chi connectivity index (χ0) is 18.0. The number of nitrogens with one attached hydrogen (secondary N) is 1. The van der Waals surface area contributed by atoms with E-state index in [1.54, 1.807) is 42.5 Å². The summed E-state index contributed by atoms with van der Waals surface area (Å²) in [5, 5.41) is 22.4. The SMILES string of the molecule is O=C(Oc1ccc(Cl)c(Cl)c1)c1ccc(/C=C2\SC(O)NC2O)cc1. The highest BCUT2D eigenvalue weighted by Gasteiger charge is 2.25. The average molecular weight is 398 g/mol. The normalized spacial score (nSPS) is 21.5. The van der Waals surface area contributed by atoms with Crippen LogP contribution in [0.4, 0.5) is 0 Å². The summed E-state index contributed by atoms with van der Waals surface area (Å²) in [5.41, 5.74) is 0.316. The number of esters is 1. The molecule has 2 aromatic rings. The Hall–Kier alpha value is -1.54. The molecular weight excluding hydrogens is 385 g/mol. The average Bonchev–Trinajstić information content (AvgIpc) is 2.89. The molecule has 25 heavy (non-hydrogen) atoms. The molecule has 2 unspecified atom stereocenters. The molecular formula is C17H13Cl2NO4S. The van der Waals surface area contributed by atoms with Crippen molar-refractivity contribution < 1.29 is 19.7 Å². The molecule has 0 spiro atoms. The molecule has 0 aromatic heterocycles. The molecule has 1 aliphatic heterocycles. The molecule has 5 nitrogen and oxygen atoms in total. The van der Waals surface area contributed by atoms with Crippen LogP contribution in [0, 0.1) is 0 Å². The second-order valence-electron chi connectivity index (χ2n) is 5.17. The minimum Gasteiger partial charge on any atom is -0.423 e. The summed E-state index contributed by atoms with van der Waals surface area (Å²) in [5.74, 6) is -0.221. The Bertz CT molecular complexity index is 826. The zero-order valence-electron chi connectivity index (χ0n) is 12.6. The van der Waals surface area contributed by atoms with Crippen LogP contribution in [-0.2, 0) is 0 Å². The second-order valence-corrected chi connectivity index (χ2v) is 7.14. The Balaban J connectivity index is 1.70. The van der Waals surface area contributed by atoms with Crippen LogP contribution in [0.25, 0.3) is 6.08 Å². The van der Waals surface area contributed by atoms with Crippen LogP contribution >= 0.6 is 35.0 Å². The van der Waals surface area contributed by atoms with Crippen molar-refractivity contribution in [3.8, 4) is 5.75 Å². The molecule has 1 fully saturated rings. The molecule has 2 aromatic carbocycles. The van der Waals surface area contributed by atoms with E-state index in [4.69, 9.17) is 27.9 Å². The van der Waals surface area contributed by atoms with Crippen LogP contribution in [0.2, 0.25) is 10.0 Å². The molecule has 1 heterocycles. The molecule has 0 radical (unpaired) electrons. The molecule has 0 amide bonds. The van der Waals surface area contributed by atoms with E-state index in [0.29, 0.717) is 26.3 Å². The Morgan fingerprint density at radius 2 is 1.84 bits per heavy atom. The van der Waals surface area contributed by atoms with Crippen molar-refractivity contribution in [3.05, 3.63) is 68.5 Å². The third-order valence-corrected chi connectivity index (χ3v) is 5.09. The number of thioether (sulfide) groups is 1. The van der Waals surface area contributed by atoms with Gasteiger partial charge in [-0.1, -0.05) is 47.1 Å². The highest BCUT2D eigenvalue weighted by atomic mass is 35.5. The van der Waals surface area contributed by atoms with Crippen molar-refractivity contribution in [2.45, 2.75) is 11.8 Å². The van der Waals surface area contributed by atoms with E-state index in [9.17, 15) is 15.0 Å². The van der Waals surface area contributed by atoms with Crippen molar-refractivity contribution >= 4 is 47.0 Å². The molecule has 3 N–H and O–H groups in total. The first kappa shape index (κ1) is 18.3. The van der Waals surface area contributed by atoms with Crippen LogP contribution in [0.3, 0.4) is 0 Å². The minimum absolute atomic E-state index is 0.302. The maximum atomic E-state index is 12.2. The van der Waals surface area contributed by atoms with Gasteiger partial charge in [-0.15, -0.1) is 0 Å². The standard InChI is InChI=1S/C17H13Cl2NO4S/c18-12-6-5-11(8-13(12)19)24-16(22)10-3-1-9(2-4-10)7-14-15(21)20-17(23)25-14/h1-8,15,17,20-21,23H/b14-7-. The van der Waals surface area contributed by atoms with Gasteiger partial charge in [0.1, 0.15) is 12.0 Å². The van der Waals surface area contributed by atoms with E-state index >= 15 is 0 Å². The van der Waals surface area contributed by atoms with Gasteiger partial charge in [0.15, 0.2) is 5.56 Å². The summed E-state index contributed by atoms with van der Waals surface area (Å²) in [6.45, 7) is 0. The number of rotatable bonds is 3. The number of hydrogen-bond acceptors (Lipinski definition) is 6. The summed E-state index contributed by atoms with van der Waals surface area (Å²) in [7, 11) is 0. The number of carbonyl (C=O) groups is 1. The quantitative estimate of drug-likeness (QED) is 0.543. The van der Waals surface area contributed by atoms with Gasteiger partial charge in [-0.3, -0.25) is 5.32 Å². The second kappa shape index (κ2) is 7.78. The zero-order valence-corrected chi connectivity index (χ0v) is 15.0. The Morgan fingerprint density at radius 1 is 1.12 bits per heavy atom. The lowest BCUT2D eigenvalue weighted by Gasteiger charge is -2.06. The monoisotopic (exact) mass is 397 g/mol. The molecule has 8 heteroatoms. The molecule has 0 aliphatic carbocycles. The summed E-state index contributed by atoms with van der Waals surface area (Å²) in [6, 6.07) is 11.2. The largest absolute Gasteiger partial charge is 0.423 e. The highest BCUT2D eigenvalue weighted by molar-refractivity contribution is 8.03. The van der Waals surface area contributed by atoms with Gasteiger partial charge in [0.25, 0.3) is 0 Å². The number of benzene rings is 2. The minimum atomic E-state index is -0.903. The summed E-state index contributed by atoms with van der Waals surface area (Å²) in [6.07, 6.45) is 0.825. The molecule has 2 atom stereocenters. The van der Waals surface area contributed by atoms with E-state index in [2.05, 4.69) is 5.32 Å². The van der Waals surface area contributed by atoms with Crippen molar-refractivity contribution in [1.29, 1.82) is 0 Å². The number of ether oxygens (including phenoxy) is 1. The molecule has 1 saturated heterocycles. The number of aliphatic hydroxyl groups is 2. The molecule has 1 aliphatic rings. The van der Waals surface area contributed by atoms with Gasteiger partial charge >= 0.3 is 5.97 Å². The van der Waals surface area contributed by atoms with Crippen molar-refractivity contribution in [2.24, 2.45) is 0 Å². The molecule has 0 saturated carbocycles. The van der Waals surface area contributed by atoms with Crippen molar-refractivity contribution in [3.63, 3.8) is 0 Å². The van der Waals surface area contributed by atoms with Gasteiger partial charge in [0.05, 0.1) is 15.6 Å². The van der Waals surface area contributed by atoms with Gasteiger partial charge in [0.2, 0.25) is 0 Å². The lowest BCUT2D eigenvalue weighted by atomic mass is 10.1. The van der Waals surface area contributed by atoms with Crippen molar-refractivity contribution in [2.75, 3.05) is 0 Å². The first-order valence-corrected chi connectivity index (χ1v) is 8.83. The van der Waals surface area contributed by atoms with Gasteiger partial charge in [-0.2, -0.15) is 0 Å². The van der Waals surface area contributed by atoms with Gasteiger partial charge in [-0.05, 0) is 35.9 Å². The summed E-state index contributed by atoms with van der Waals surface area (Å²) >= 11 is 12.8. The van der Waals surface area contributed by atoms with Gasteiger partial charge in [-0.25, -0.2) is 4.79 Å². The number of carbonyl (C=O) groups excluding carboxylic acids is 1.